The lowest BCUT2D eigenvalue weighted by molar-refractivity contribution is 0.498. The molecular weight excluding hydrogens is 264 g/mol. The molecule has 1 aromatic heterocycles. The third kappa shape index (κ3) is 2.04. The van der Waals surface area contributed by atoms with E-state index in [2.05, 4.69) is 60.7 Å². The van der Waals surface area contributed by atoms with Gasteiger partial charge in [0, 0.05) is 10.8 Å². The normalized spacial score (nSPS) is 11.0. The Morgan fingerprint density at radius 2 is 1.40 bits per heavy atom. The molecule has 0 aliphatic heterocycles. The fourth-order valence-corrected chi connectivity index (χ4v) is 3.29. The molecule has 4 aromatic rings. The van der Waals surface area contributed by atoms with Crippen LogP contribution in [0.2, 0.25) is 0 Å². The molecule has 0 saturated carbocycles. The molecule has 0 aliphatic carbocycles. The van der Waals surface area contributed by atoms with Gasteiger partial charge in [-0.1, -0.05) is 59.9 Å². The minimum atomic E-state index is 0.884. The zero-order chi connectivity index (χ0) is 13.4. The number of ether oxygens (including phenoxy) is 1. The monoisotopic (exact) mass is 276 g/mol. The summed E-state index contributed by atoms with van der Waals surface area (Å²) < 4.78 is 7.24. The SMILES string of the molecule is c1ccc2cc(Oc3cc4ccccc4s3)ccc2c1. The quantitative estimate of drug-likeness (QED) is 0.446. The highest BCUT2D eigenvalue weighted by Crippen LogP contribution is 2.35. The summed E-state index contributed by atoms with van der Waals surface area (Å²) in [5.74, 6) is 0.884. The second-order valence-electron chi connectivity index (χ2n) is 4.71. The molecule has 0 radical (unpaired) electrons. The Kier molecular flexibility index (Phi) is 2.68. The van der Waals surface area contributed by atoms with Crippen LogP contribution in [0.3, 0.4) is 0 Å². The average Bonchev–Trinajstić information content (AvgIpc) is 2.89. The van der Waals surface area contributed by atoms with E-state index in [9.17, 15) is 0 Å². The smallest absolute Gasteiger partial charge is 0.182 e. The number of hydrogen-bond donors (Lipinski definition) is 0. The fourth-order valence-electron chi connectivity index (χ4n) is 2.35. The van der Waals surface area contributed by atoms with Crippen molar-refractivity contribution in [1.29, 1.82) is 0 Å². The van der Waals surface area contributed by atoms with Crippen molar-refractivity contribution in [1.82, 2.24) is 0 Å². The molecule has 1 heterocycles. The summed E-state index contributed by atoms with van der Waals surface area (Å²) in [6, 6.07) is 24.9. The Labute approximate surface area is 121 Å². The number of fused-ring (bicyclic) bond motifs is 2. The van der Waals surface area contributed by atoms with Crippen LogP contribution in [0.25, 0.3) is 20.9 Å². The van der Waals surface area contributed by atoms with E-state index in [0.29, 0.717) is 0 Å². The van der Waals surface area contributed by atoms with Crippen LogP contribution < -0.4 is 4.74 Å². The van der Waals surface area contributed by atoms with Crippen LogP contribution in [0.5, 0.6) is 10.8 Å². The second kappa shape index (κ2) is 4.66. The summed E-state index contributed by atoms with van der Waals surface area (Å²) in [4.78, 5) is 0. The topological polar surface area (TPSA) is 9.23 Å². The lowest BCUT2D eigenvalue weighted by Crippen LogP contribution is -1.80. The Bertz CT molecular complexity index is 859. The molecule has 0 N–H and O–H groups in total. The van der Waals surface area contributed by atoms with E-state index in [1.54, 1.807) is 11.3 Å². The zero-order valence-electron chi connectivity index (χ0n) is 10.7. The van der Waals surface area contributed by atoms with Gasteiger partial charge in [0.05, 0.1) is 0 Å². The lowest BCUT2D eigenvalue weighted by atomic mass is 10.1. The summed E-state index contributed by atoms with van der Waals surface area (Å²) in [7, 11) is 0. The van der Waals surface area contributed by atoms with E-state index in [0.717, 1.165) is 10.8 Å². The van der Waals surface area contributed by atoms with E-state index >= 15 is 0 Å². The lowest BCUT2D eigenvalue weighted by Gasteiger charge is -2.04. The summed E-state index contributed by atoms with van der Waals surface area (Å²) in [6.07, 6.45) is 0. The molecule has 0 aliphatic rings. The van der Waals surface area contributed by atoms with Gasteiger partial charge in [0.2, 0.25) is 0 Å². The fraction of sp³-hybridized carbons (Fsp3) is 0. The van der Waals surface area contributed by atoms with Crippen molar-refractivity contribution < 1.29 is 4.74 Å². The Balaban J connectivity index is 1.72. The average molecular weight is 276 g/mol. The van der Waals surface area contributed by atoms with Crippen molar-refractivity contribution in [3.05, 3.63) is 72.8 Å². The van der Waals surface area contributed by atoms with Crippen LogP contribution in [-0.2, 0) is 0 Å². The molecule has 0 amide bonds. The first-order valence-corrected chi connectivity index (χ1v) is 7.35. The van der Waals surface area contributed by atoms with Gasteiger partial charge in [-0.05, 0) is 34.4 Å². The van der Waals surface area contributed by atoms with Gasteiger partial charge in [0.1, 0.15) is 5.75 Å². The van der Waals surface area contributed by atoms with Crippen LogP contribution in [0, 0.1) is 0 Å². The molecule has 1 nitrogen and oxygen atoms in total. The first-order chi connectivity index (χ1) is 9.88. The predicted octanol–water partition coefficient (Wildman–Crippen LogP) is 5.85. The maximum atomic E-state index is 5.99. The maximum absolute atomic E-state index is 5.99. The maximum Gasteiger partial charge on any atom is 0.182 e. The Hall–Kier alpha value is -2.32. The molecule has 96 valence electrons. The third-order valence-electron chi connectivity index (χ3n) is 3.34. The third-order valence-corrected chi connectivity index (χ3v) is 4.34. The molecule has 0 spiro atoms. The highest BCUT2D eigenvalue weighted by molar-refractivity contribution is 7.20. The summed E-state index contributed by atoms with van der Waals surface area (Å²) in [5.41, 5.74) is 0. The Morgan fingerprint density at radius 3 is 2.25 bits per heavy atom. The molecule has 0 atom stereocenters. The number of benzene rings is 3. The number of thiophene rings is 1. The van der Waals surface area contributed by atoms with Gasteiger partial charge in [0.25, 0.3) is 0 Å². The molecule has 0 fully saturated rings. The largest absolute Gasteiger partial charge is 0.447 e. The molecule has 0 bridgehead atoms. The number of rotatable bonds is 2. The molecule has 0 unspecified atom stereocenters. The van der Waals surface area contributed by atoms with Crippen LogP contribution in [0.1, 0.15) is 0 Å². The predicted molar refractivity (Wildman–Crippen MR) is 85.8 cm³/mol. The van der Waals surface area contributed by atoms with Crippen LogP contribution in [0.15, 0.2) is 72.8 Å². The highest BCUT2D eigenvalue weighted by atomic mass is 32.1. The van der Waals surface area contributed by atoms with Crippen LogP contribution in [-0.4, -0.2) is 0 Å². The summed E-state index contributed by atoms with van der Waals surface area (Å²) in [5, 5.41) is 4.59. The molecular formula is C18H12OS. The van der Waals surface area contributed by atoms with Crippen molar-refractivity contribution in [3.8, 4) is 10.8 Å². The van der Waals surface area contributed by atoms with E-state index in [-0.39, 0.29) is 0 Å². The zero-order valence-corrected chi connectivity index (χ0v) is 11.6. The minimum absolute atomic E-state index is 0.884. The van der Waals surface area contributed by atoms with Crippen molar-refractivity contribution in [2.24, 2.45) is 0 Å². The second-order valence-corrected chi connectivity index (χ2v) is 5.76. The summed E-state index contributed by atoms with van der Waals surface area (Å²) in [6.45, 7) is 0. The highest BCUT2D eigenvalue weighted by Gasteiger charge is 2.04. The molecule has 0 saturated heterocycles. The van der Waals surface area contributed by atoms with Crippen LogP contribution in [0.4, 0.5) is 0 Å². The van der Waals surface area contributed by atoms with E-state index in [1.165, 1.54) is 20.9 Å². The molecule has 2 heteroatoms. The standard InChI is InChI=1S/C18H12OS/c1-2-6-14-11-16(10-9-13(14)5-1)19-18-12-15-7-3-4-8-17(15)20-18/h1-12H. The van der Waals surface area contributed by atoms with Gasteiger partial charge in [-0.3, -0.25) is 0 Å². The Morgan fingerprint density at radius 1 is 0.650 bits per heavy atom. The number of hydrogen-bond acceptors (Lipinski definition) is 2. The van der Waals surface area contributed by atoms with E-state index < -0.39 is 0 Å². The molecule has 20 heavy (non-hydrogen) atoms. The van der Waals surface area contributed by atoms with Crippen LogP contribution >= 0.6 is 11.3 Å². The van der Waals surface area contributed by atoms with Crippen molar-refractivity contribution in [2.45, 2.75) is 0 Å². The molecule has 4 rings (SSSR count). The van der Waals surface area contributed by atoms with Gasteiger partial charge in [-0.2, -0.15) is 0 Å². The summed E-state index contributed by atoms with van der Waals surface area (Å²) >= 11 is 1.68. The van der Waals surface area contributed by atoms with E-state index in [4.69, 9.17) is 4.74 Å². The first kappa shape index (κ1) is 11.5. The molecule has 3 aromatic carbocycles. The van der Waals surface area contributed by atoms with Gasteiger partial charge in [0.15, 0.2) is 5.06 Å². The van der Waals surface area contributed by atoms with Crippen molar-refractivity contribution >= 4 is 32.2 Å². The van der Waals surface area contributed by atoms with Gasteiger partial charge >= 0.3 is 0 Å². The van der Waals surface area contributed by atoms with Gasteiger partial charge in [-0.25, -0.2) is 0 Å². The van der Waals surface area contributed by atoms with E-state index in [1.807, 2.05) is 12.1 Å². The van der Waals surface area contributed by atoms with Crippen molar-refractivity contribution in [2.75, 3.05) is 0 Å². The first-order valence-electron chi connectivity index (χ1n) is 6.54. The van der Waals surface area contributed by atoms with Gasteiger partial charge < -0.3 is 4.74 Å². The van der Waals surface area contributed by atoms with Crippen molar-refractivity contribution in [3.63, 3.8) is 0 Å². The minimum Gasteiger partial charge on any atom is -0.447 e. The van der Waals surface area contributed by atoms with Gasteiger partial charge in [-0.15, -0.1) is 0 Å².